The number of pyridine rings is 1. The summed E-state index contributed by atoms with van der Waals surface area (Å²) in [5.41, 5.74) is 2.77. The summed E-state index contributed by atoms with van der Waals surface area (Å²) < 4.78 is 5.38. The Kier molecular flexibility index (Phi) is 5.25. The van der Waals surface area contributed by atoms with Crippen LogP contribution in [0.4, 0.5) is 0 Å². The third-order valence-electron chi connectivity index (χ3n) is 5.35. The Morgan fingerprint density at radius 2 is 1.81 bits per heavy atom. The van der Waals surface area contributed by atoms with Gasteiger partial charge in [0.25, 0.3) is 5.91 Å². The molecule has 2 aromatic rings. The van der Waals surface area contributed by atoms with Gasteiger partial charge >= 0.3 is 5.97 Å². The zero-order valence-corrected chi connectivity index (χ0v) is 15.9. The Bertz CT molecular complexity index is 837. The predicted octanol–water partition coefficient (Wildman–Crippen LogP) is 3.80. The summed E-state index contributed by atoms with van der Waals surface area (Å²) in [7, 11) is 0. The van der Waals surface area contributed by atoms with Crippen molar-refractivity contribution in [3.05, 3.63) is 41.1 Å². The molecular formula is C21H26N2O3. The van der Waals surface area contributed by atoms with E-state index in [0.29, 0.717) is 11.3 Å². The van der Waals surface area contributed by atoms with Crippen LogP contribution in [0.25, 0.3) is 10.9 Å². The maximum Gasteiger partial charge on any atom is 0.340 e. The fraction of sp³-hybridized carbons (Fsp3) is 0.476. The average molecular weight is 354 g/mol. The number of hydrogen-bond acceptors (Lipinski definition) is 4. The van der Waals surface area contributed by atoms with E-state index in [0.717, 1.165) is 35.7 Å². The second-order valence-corrected chi connectivity index (χ2v) is 7.22. The number of aromatic nitrogens is 1. The monoisotopic (exact) mass is 354 g/mol. The number of para-hydroxylation sites is 1. The number of carbonyl (C=O) groups is 2. The van der Waals surface area contributed by atoms with Crippen molar-refractivity contribution >= 4 is 22.8 Å². The van der Waals surface area contributed by atoms with E-state index >= 15 is 0 Å². The molecule has 0 spiro atoms. The third kappa shape index (κ3) is 3.43. The quantitative estimate of drug-likeness (QED) is 0.787. The van der Waals surface area contributed by atoms with E-state index in [1.807, 2.05) is 36.1 Å². The fourth-order valence-electron chi connectivity index (χ4n) is 4.02. The molecule has 1 aromatic carbocycles. The Balaban J connectivity index is 1.76. The normalized spacial score (nSPS) is 20.2. The van der Waals surface area contributed by atoms with E-state index < -0.39 is 5.97 Å². The van der Waals surface area contributed by atoms with Gasteiger partial charge < -0.3 is 9.64 Å². The van der Waals surface area contributed by atoms with Crippen LogP contribution in [0.5, 0.6) is 0 Å². The van der Waals surface area contributed by atoms with Crippen molar-refractivity contribution in [1.82, 2.24) is 9.88 Å². The van der Waals surface area contributed by atoms with Gasteiger partial charge in [0.15, 0.2) is 6.61 Å². The Hall–Kier alpha value is -2.43. The van der Waals surface area contributed by atoms with Crippen molar-refractivity contribution in [2.75, 3.05) is 6.61 Å². The van der Waals surface area contributed by atoms with Gasteiger partial charge in [-0.3, -0.25) is 9.78 Å². The molecule has 1 aromatic heterocycles. The van der Waals surface area contributed by atoms with E-state index in [4.69, 9.17) is 4.74 Å². The van der Waals surface area contributed by atoms with Crippen LogP contribution in [-0.4, -0.2) is 40.5 Å². The topological polar surface area (TPSA) is 59.5 Å². The fourth-order valence-corrected chi connectivity index (χ4v) is 4.02. The van der Waals surface area contributed by atoms with Crippen molar-refractivity contribution in [2.45, 2.75) is 59.0 Å². The van der Waals surface area contributed by atoms with Crippen LogP contribution in [0, 0.1) is 13.8 Å². The van der Waals surface area contributed by atoms with Gasteiger partial charge in [-0.25, -0.2) is 4.79 Å². The second kappa shape index (κ2) is 7.44. The molecule has 2 heterocycles. The number of piperidine rings is 1. The first-order valence-electron chi connectivity index (χ1n) is 9.24. The van der Waals surface area contributed by atoms with E-state index in [-0.39, 0.29) is 24.6 Å². The minimum Gasteiger partial charge on any atom is -0.452 e. The van der Waals surface area contributed by atoms with Crippen molar-refractivity contribution in [3.8, 4) is 0 Å². The van der Waals surface area contributed by atoms with Gasteiger partial charge in [0.05, 0.1) is 16.8 Å². The summed E-state index contributed by atoms with van der Waals surface area (Å²) in [6.07, 6.45) is 3.13. The lowest BCUT2D eigenvalue weighted by Crippen LogP contribution is -2.49. The smallest absolute Gasteiger partial charge is 0.340 e. The first kappa shape index (κ1) is 18.4. The lowest BCUT2D eigenvalue weighted by Gasteiger charge is -2.38. The molecule has 1 fully saturated rings. The Morgan fingerprint density at radius 3 is 2.50 bits per heavy atom. The molecular weight excluding hydrogens is 328 g/mol. The molecule has 138 valence electrons. The molecule has 26 heavy (non-hydrogen) atoms. The first-order valence-corrected chi connectivity index (χ1v) is 9.24. The van der Waals surface area contributed by atoms with Crippen molar-refractivity contribution < 1.29 is 14.3 Å². The summed E-state index contributed by atoms with van der Waals surface area (Å²) in [5.74, 6) is -0.606. The number of likely N-dealkylation sites (tertiary alicyclic amines) is 1. The number of benzene rings is 1. The van der Waals surface area contributed by atoms with E-state index in [2.05, 4.69) is 18.8 Å². The molecule has 1 amide bonds. The maximum absolute atomic E-state index is 12.6. The number of nitrogens with zero attached hydrogens (tertiary/aromatic N) is 2. The second-order valence-electron chi connectivity index (χ2n) is 7.22. The molecule has 0 saturated carbocycles. The van der Waals surface area contributed by atoms with E-state index in [9.17, 15) is 9.59 Å². The Labute approximate surface area is 154 Å². The highest BCUT2D eigenvalue weighted by Crippen LogP contribution is 2.24. The van der Waals surface area contributed by atoms with Gasteiger partial charge in [0, 0.05) is 17.5 Å². The largest absolute Gasteiger partial charge is 0.452 e. The molecule has 0 unspecified atom stereocenters. The van der Waals surface area contributed by atoms with E-state index in [1.165, 1.54) is 0 Å². The number of aryl methyl sites for hydroxylation is 2. The lowest BCUT2D eigenvalue weighted by atomic mass is 9.97. The van der Waals surface area contributed by atoms with Crippen LogP contribution in [0.1, 0.15) is 54.7 Å². The van der Waals surface area contributed by atoms with Crippen molar-refractivity contribution in [2.24, 2.45) is 0 Å². The van der Waals surface area contributed by atoms with Crippen molar-refractivity contribution in [1.29, 1.82) is 0 Å². The van der Waals surface area contributed by atoms with Gasteiger partial charge in [-0.05, 0) is 58.6 Å². The third-order valence-corrected chi connectivity index (χ3v) is 5.35. The van der Waals surface area contributed by atoms with Gasteiger partial charge in [0.2, 0.25) is 0 Å². The van der Waals surface area contributed by atoms with Crippen LogP contribution in [0.2, 0.25) is 0 Å². The maximum atomic E-state index is 12.6. The summed E-state index contributed by atoms with van der Waals surface area (Å²) in [4.78, 5) is 31.6. The van der Waals surface area contributed by atoms with Crippen LogP contribution in [0.3, 0.4) is 0 Å². The van der Waals surface area contributed by atoms with E-state index in [1.54, 1.807) is 6.92 Å². The highest BCUT2D eigenvalue weighted by atomic mass is 16.5. The molecule has 5 nitrogen and oxygen atoms in total. The molecule has 0 bridgehead atoms. The summed E-state index contributed by atoms with van der Waals surface area (Å²) in [5, 5.41) is 0.926. The molecule has 5 heteroatoms. The molecule has 0 radical (unpaired) electrons. The molecule has 1 saturated heterocycles. The molecule has 1 aliphatic rings. The minimum absolute atomic E-state index is 0.123. The average Bonchev–Trinajstić information content (AvgIpc) is 2.60. The van der Waals surface area contributed by atoms with Gasteiger partial charge in [-0.2, -0.15) is 0 Å². The van der Waals surface area contributed by atoms with Crippen LogP contribution in [0.15, 0.2) is 24.3 Å². The summed E-state index contributed by atoms with van der Waals surface area (Å²) in [6.45, 7) is 7.57. The highest BCUT2D eigenvalue weighted by Gasteiger charge is 2.29. The van der Waals surface area contributed by atoms with Gasteiger partial charge in [-0.1, -0.05) is 18.2 Å². The van der Waals surface area contributed by atoms with Crippen molar-refractivity contribution in [3.63, 3.8) is 0 Å². The van der Waals surface area contributed by atoms with Crippen LogP contribution in [-0.2, 0) is 9.53 Å². The zero-order valence-electron chi connectivity index (χ0n) is 15.9. The molecule has 3 rings (SSSR count). The number of rotatable bonds is 3. The van der Waals surface area contributed by atoms with Crippen LogP contribution < -0.4 is 0 Å². The predicted molar refractivity (Wildman–Crippen MR) is 101 cm³/mol. The Morgan fingerprint density at radius 1 is 1.15 bits per heavy atom. The number of ether oxygens (including phenoxy) is 1. The SMILES string of the molecule is Cc1nc2ccccc2c(C)c1C(=O)OCC(=O)N1[C@@H](C)CCC[C@@H]1C. The molecule has 0 N–H and O–H groups in total. The standard InChI is InChI=1S/C21H26N2O3/c1-13-8-7-9-14(2)23(13)19(24)12-26-21(25)20-15(3)17-10-5-6-11-18(17)22-16(20)4/h5-6,10-11,13-14H,7-9,12H2,1-4H3/t13-,14-/m0/s1. The summed E-state index contributed by atoms with van der Waals surface area (Å²) in [6, 6.07) is 8.09. The molecule has 0 aliphatic carbocycles. The van der Waals surface area contributed by atoms with Crippen LogP contribution >= 0.6 is 0 Å². The first-order chi connectivity index (χ1) is 12.4. The number of esters is 1. The lowest BCUT2D eigenvalue weighted by molar-refractivity contribution is -0.140. The zero-order chi connectivity index (χ0) is 18.8. The van der Waals surface area contributed by atoms with Gasteiger partial charge in [-0.15, -0.1) is 0 Å². The van der Waals surface area contributed by atoms with Gasteiger partial charge in [0.1, 0.15) is 0 Å². The molecule has 1 aliphatic heterocycles. The number of amides is 1. The highest BCUT2D eigenvalue weighted by molar-refractivity contribution is 5.99. The number of carbonyl (C=O) groups excluding carboxylic acids is 2. The summed E-state index contributed by atoms with van der Waals surface area (Å²) >= 11 is 0. The minimum atomic E-state index is -0.482. The molecule has 2 atom stereocenters. The number of hydrogen-bond donors (Lipinski definition) is 0. The number of fused-ring (bicyclic) bond motifs is 1.